The first kappa shape index (κ1) is 17.2. The molecule has 2 aliphatic carbocycles. The molecule has 0 atom stereocenters. The van der Waals surface area contributed by atoms with Crippen molar-refractivity contribution in [1.29, 1.82) is 0 Å². The lowest BCUT2D eigenvalue weighted by atomic mass is 10.1. The molecule has 5 nitrogen and oxygen atoms in total. The smallest absolute Gasteiger partial charge is 0.232 e. The van der Waals surface area contributed by atoms with Crippen LogP contribution in [0.4, 0.5) is 5.88 Å². The molecular formula is C21H25N3O2S. The van der Waals surface area contributed by atoms with Gasteiger partial charge in [0.2, 0.25) is 11.8 Å². The topological polar surface area (TPSA) is 49.6 Å². The molecule has 1 amide bonds. The lowest BCUT2D eigenvalue weighted by Crippen LogP contribution is -2.36. The molecule has 142 valence electrons. The monoisotopic (exact) mass is 383 g/mol. The van der Waals surface area contributed by atoms with E-state index in [0.717, 1.165) is 73.0 Å². The van der Waals surface area contributed by atoms with E-state index < -0.39 is 0 Å². The van der Waals surface area contributed by atoms with Gasteiger partial charge in [0.15, 0.2) is 0 Å². The second-order valence-corrected chi connectivity index (χ2v) is 8.98. The molecule has 1 aromatic heterocycles. The summed E-state index contributed by atoms with van der Waals surface area (Å²) in [5, 5.41) is 4.45. The zero-order chi connectivity index (χ0) is 18.2. The number of carbonyl (C=O) groups excluding carboxylic acids is 1. The Labute approximate surface area is 164 Å². The molecule has 0 radical (unpaired) electrons. The minimum atomic E-state index is 0.250. The summed E-state index contributed by atoms with van der Waals surface area (Å²) in [6.45, 7) is 2.56. The highest BCUT2D eigenvalue weighted by molar-refractivity contribution is 7.99. The number of nitrogens with zero attached hydrogens (tertiary/aromatic N) is 3. The summed E-state index contributed by atoms with van der Waals surface area (Å²) in [7, 11) is 0. The van der Waals surface area contributed by atoms with Gasteiger partial charge in [-0.1, -0.05) is 35.5 Å². The lowest BCUT2D eigenvalue weighted by Gasteiger charge is -2.28. The second-order valence-electron chi connectivity index (χ2n) is 7.75. The highest BCUT2D eigenvalue weighted by Crippen LogP contribution is 2.40. The van der Waals surface area contributed by atoms with Crippen LogP contribution in [0, 0.1) is 5.92 Å². The Morgan fingerprint density at radius 3 is 2.56 bits per heavy atom. The summed E-state index contributed by atoms with van der Waals surface area (Å²) in [6.07, 6.45) is 4.35. The third kappa shape index (κ3) is 3.59. The number of hydrogen-bond donors (Lipinski definition) is 0. The standard InChI is InChI=1S/C21H25N3O2S/c25-20(16-6-7-16)24(17-8-9-17)14-18-19(15-4-2-1-3-5-15)22-26-21(18)23-10-12-27-13-11-23/h1-5,16-17H,6-14H2. The molecule has 27 heavy (non-hydrogen) atoms. The van der Waals surface area contributed by atoms with Gasteiger partial charge in [-0.15, -0.1) is 0 Å². The number of thioether (sulfide) groups is 1. The zero-order valence-corrected chi connectivity index (χ0v) is 16.3. The SMILES string of the molecule is O=C(C1CC1)N(Cc1c(-c2ccccc2)noc1N1CCSCC1)C1CC1. The van der Waals surface area contributed by atoms with E-state index in [-0.39, 0.29) is 5.92 Å². The van der Waals surface area contributed by atoms with Gasteiger partial charge in [0, 0.05) is 42.1 Å². The molecule has 1 aromatic carbocycles. The molecule has 3 fully saturated rings. The molecule has 1 aliphatic heterocycles. The molecule has 2 heterocycles. The number of rotatable bonds is 6. The summed E-state index contributed by atoms with van der Waals surface area (Å²) < 4.78 is 5.88. The molecule has 1 saturated heterocycles. The van der Waals surface area contributed by atoms with E-state index in [2.05, 4.69) is 27.1 Å². The first-order valence-corrected chi connectivity index (χ1v) is 11.1. The van der Waals surface area contributed by atoms with E-state index in [0.29, 0.717) is 18.5 Å². The quantitative estimate of drug-likeness (QED) is 0.759. The molecule has 5 rings (SSSR count). The van der Waals surface area contributed by atoms with Gasteiger partial charge in [-0.25, -0.2) is 0 Å². The third-order valence-corrected chi connectivity index (χ3v) is 6.58. The van der Waals surface area contributed by atoms with Crippen molar-refractivity contribution in [3.63, 3.8) is 0 Å². The maximum absolute atomic E-state index is 12.9. The molecule has 6 heteroatoms. The summed E-state index contributed by atoms with van der Waals surface area (Å²) in [6, 6.07) is 10.6. The summed E-state index contributed by atoms with van der Waals surface area (Å²) >= 11 is 1.98. The van der Waals surface area contributed by atoms with E-state index in [1.54, 1.807) is 0 Å². The van der Waals surface area contributed by atoms with Crippen LogP contribution in [-0.4, -0.2) is 46.6 Å². The van der Waals surface area contributed by atoms with Crippen LogP contribution in [0.5, 0.6) is 0 Å². The van der Waals surface area contributed by atoms with E-state index >= 15 is 0 Å². The van der Waals surface area contributed by atoms with Gasteiger partial charge >= 0.3 is 0 Å². The molecule has 2 saturated carbocycles. The van der Waals surface area contributed by atoms with Gasteiger partial charge in [-0.2, -0.15) is 11.8 Å². The van der Waals surface area contributed by atoms with Crippen LogP contribution >= 0.6 is 11.8 Å². The van der Waals surface area contributed by atoms with Gasteiger partial charge in [0.05, 0.1) is 12.1 Å². The first-order chi connectivity index (χ1) is 13.3. The predicted octanol–water partition coefficient (Wildman–Crippen LogP) is 3.80. The van der Waals surface area contributed by atoms with Crippen LogP contribution in [0.15, 0.2) is 34.9 Å². The Bertz CT molecular complexity index is 808. The maximum atomic E-state index is 12.9. The number of amides is 1. The molecular weight excluding hydrogens is 358 g/mol. The van der Waals surface area contributed by atoms with Crippen LogP contribution < -0.4 is 4.90 Å². The number of anilines is 1. The summed E-state index contributed by atoms with van der Waals surface area (Å²) in [4.78, 5) is 17.3. The van der Waals surface area contributed by atoms with Gasteiger partial charge in [-0.3, -0.25) is 4.79 Å². The van der Waals surface area contributed by atoms with Crippen molar-refractivity contribution >= 4 is 23.6 Å². The predicted molar refractivity (Wildman–Crippen MR) is 108 cm³/mol. The molecule has 0 bridgehead atoms. The summed E-state index contributed by atoms with van der Waals surface area (Å²) in [5.41, 5.74) is 3.02. The molecule has 0 unspecified atom stereocenters. The fourth-order valence-electron chi connectivity index (χ4n) is 3.79. The van der Waals surface area contributed by atoms with E-state index in [1.165, 1.54) is 0 Å². The van der Waals surface area contributed by atoms with Crippen molar-refractivity contribution in [1.82, 2.24) is 10.1 Å². The number of benzene rings is 1. The van der Waals surface area contributed by atoms with Crippen LogP contribution in [-0.2, 0) is 11.3 Å². The highest BCUT2D eigenvalue weighted by atomic mass is 32.2. The van der Waals surface area contributed by atoms with Crippen LogP contribution in [0.2, 0.25) is 0 Å². The van der Waals surface area contributed by atoms with E-state index in [4.69, 9.17) is 4.52 Å². The molecule has 2 aromatic rings. The zero-order valence-electron chi connectivity index (χ0n) is 15.5. The lowest BCUT2D eigenvalue weighted by molar-refractivity contribution is -0.133. The fourth-order valence-corrected chi connectivity index (χ4v) is 4.69. The Hall–Kier alpha value is -1.95. The average molecular weight is 384 g/mol. The maximum Gasteiger partial charge on any atom is 0.232 e. The molecule has 0 N–H and O–H groups in total. The summed E-state index contributed by atoms with van der Waals surface area (Å²) in [5.74, 6) is 3.66. The Morgan fingerprint density at radius 2 is 1.89 bits per heavy atom. The minimum absolute atomic E-state index is 0.250. The van der Waals surface area contributed by atoms with Crippen LogP contribution in [0.1, 0.15) is 31.2 Å². The second kappa shape index (κ2) is 7.23. The minimum Gasteiger partial charge on any atom is -0.339 e. The molecule has 0 spiro atoms. The van der Waals surface area contributed by atoms with Gasteiger partial charge in [0.1, 0.15) is 5.69 Å². The molecule has 3 aliphatic rings. The van der Waals surface area contributed by atoms with Crippen LogP contribution in [0.3, 0.4) is 0 Å². The van der Waals surface area contributed by atoms with E-state index in [1.807, 2.05) is 30.0 Å². The van der Waals surface area contributed by atoms with Crippen LogP contribution in [0.25, 0.3) is 11.3 Å². The Balaban J connectivity index is 1.51. The van der Waals surface area contributed by atoms with Crippen molar-refractivity contribution in [2.24, 2.45) is 5.92 Å². The average Bonchev–Trinajstić information content (AvgIpc) is 3.64. The van der Waals surface area contributed by atoms with Crippen molar-refractivity contribution in [2.45, 2.75) is 38.3 Å². The largest absolute Gasteiger partial charge is 0.339 e. The normalized spacial score (nSPS) is 19.9. The number of aromatic nitrogens is 1. The van der Waals surface area contributed by atoms with E-state index in [9.17, 15) is 4.79 Å². The van der Waals surface area contributed by atoms with Crippen molar-refractivity contribution in [3.8, 4) is 11.3 Å². The van der Waals surface area contributed by atoms with Crippen molar-refractivity contribution < 1.29 is 9.32 Å². The van der Waals surface area contributed by atoms with Crippen molar-refractivity contribution in [2.75, 3.05) is 29.5 Å². The van der Waals surface area contributed by atoms with Crippen molar-refractivity contribution in [3.05, 3.63) is 35.9 Å². The number of carbonyl (C=O) groups is 1. The Morgan fingerprint density at radius 1 is 1.15 bits per heavy atom. The first-order valence-electron chi connectivity index (χ1n) is 9.98. The van der Waals surface area contributed by atoms with Gasteiger partial charge < -0.3 is 14.3 Å². The highest BCUT2D eigenvalue weighted by Gasteiger charge is 2.41. The third-order valence-electron chi connectivity index (χ3n) is 5.64. The Kier molecular flexibility index (Phi) is 4.60. The van der Waals surface area contributed by atoms with Gasteiger partial charge in [-0.05, 0) is 25.7 Å². The van der Waals surface area contributed by atoms with Gasteiger partial charge in [0.25, 0.3) is 0 Å². The fraction of sp³-hybridized carbons (Fsp3) is 0.524. The number of hydrogen-bond acceptors (Lipinski definition) is 5.